The van der Waals surface area contributed by atoms with Crippen LogP contribution in [0.5, 0.6) is 0 Å². The minimum Gasteiger partial charge on any atom is -0.355 e. The minimum atomic E-state index is -0.0599. The molecule has 2 rings (SSSR count). The summed E-state index contributed by atoms with van der Waals surface area (Å²) in [6.45, 7) is 0. The number of amides is 1. The summed E-state index contributed by atoms with van der Waals surface area (Å²) in [6.07, 6.45) is 0. The second-order valence-electron chi connectivity index (χ2n) is 2.61. The standard InChI is InChI=1S/C9H8N2OS.CH4/c1-10-9(12)6-2-3-7-8(4-6)13-5-11-7;/h2-5H,1H3,(H,10,12);1H4. The lowest BCUT2D eigenvalue weighted by molar-refractivity contribution is 0.0963. The molecule has 74 valence electrons. The van der Waals surface area contributed by atoms with Crippen LogP contribution in [0.15, 0.2) is 23.7 Å². The Kier molecular flexibility index (Phi) is 3.19. The lowest BCUT2D eigenvalue weighted by Crippen LogP contribution is -2.17. The summed E-state index contributed by atoms with van der Waals surface area (Å²) in [4.78, 5) is 15.4. The van der Waals surface area contributed by atoms with E-state index in [9.17, 15) is 4.79 Å². The van der Waals surface area contributed by atoms with Gasteiger partial charge in [-0.15, -0.1) is 11.3 Å². The van der Waals surface area contributed by atoms with Gasteiger partial charge < -0.3 is 5.32 Å². The molecule has 1 aromatic heterocycles. The maximum atomic E-state index is 11.3. The monoisotopic (exact) mass is 208 g/mol. The Balaban J connectivity index is 0.000000980. The predicted molar refractivity (Wildman–Crippen MR) is 59.7 cm³/mol. The molecule has 0 atom stereocenters. The number of thiazole rings is 1. The van der Waals surface area contributed by atoms with E-state index in [0.717, 1.165) is 10.2 Å². The van der Waals surface area contributed by atoms with Crippen LogP contribution in [-0.4, -0.2) is 17.9 Å². The van der Waals surface area contributed by atoms with Gasteiger partial charge in [-0.3, -0.25) is 4.79 Å². The Morgan fingerprint density at radius 2 is 2.29 bits per heavy atom. The summed E-state index contributed by atoms with van der Waals surface area (Å²) in [5.41, 5.74) is 3.40. The van der Waals surface area contributed by atoms with Gasteiger partial charge in [0.05, 0.1) is 15.7 Å². The van der Waals surface area contributed by atoms with Crippen molar-refractivity contribution in [2.24, 2.45) is 0 Å². The molecule has 0 spiro atoms. The van der Waals surface area contributed by atoms with Gasteiger partial charge in [0.2, 0.25) is 0 Å². The molecule has 2 aromatic rings. The number of nitrogens with one attached hydrogen (secondary N) is 1. The van der Waals surface area contributed by atoms with Gasteiger partial charge >= 0.3 is 0 Å². The number of fused-ring (bicyclic) bond motifs is 1. The highest BCUT2D eigenvalue weighted by atomic mass is 32.1. The zero-order valence-electron chi connectivity index (χ0n) is 7.07. The van der Waals surface area contributed by atoms with E-state index < -0.39 is 0 Å². The van der Waals surface area contributed by atoms with Crippen LogP contribution < -0.4 is 5.32 Å². The van der Waals surface area contributed by atoms with Crippen LogP contribution >= 0.6 is 11.3 Å². The second kappa shape index (κ2) is 4.19. The van der Waals surface area contributed by atoms with E-state index in [1.165, 1.54) is 11.3 Å². The van der Waals surface area contributed by atoms with Crippen molar-refractivity contribution in [2.75, 3.05) is 7.05 Å². The van der Waals surface area contributed by atoms with Crippen molar-refractivity contribution in [1.29, 1.82) is 0 Å². The summed E-state index contributed by atoms with van der Waals surface area (Å²) in [5.74, 6) is -0.0599. The number of carbonyl (C=O) groups excluding carboxylic acids is 1. The number of benzene rings is 1. The molecule has 0 aliphatic rings. The molecule has 0 saturated heterocycles. The molecule has 3 nitrogen and oxygen atoms in total. The second-order valence-corrected chi connectivity index (χ2v) is 3.50. The van der Waals surface area contributed by atoms with Gasteiger partial charge in [0.15, 0.2) is 0 Å². The molecular formula is C10H12N2OS. The molecule has 0 fully saturated rings. The smallest absolute Gasteiger partial charge is 0.251 e. The summed E-state index contributed by atoms with van der Waals surface area (Å²) in [7, 11) is 1.62. The van der Waals surface area contributed by atoms with Crippen molar-refractivity contribution in [2.45, 2.75) is 7.43 Å². The quantitative estimate of drug-likeness (QED) is 0.781. The first kappa shape index (κ1) is 10.7. The maximum Gasteiger partial charge on any atom is 0.251 e. The normalized spacial score (nSPS) is 9.50. The minimum absolute atomic E-state index is 0. The Labute approximate surface area is 86.8 Å². The van der Waals surface area contributed by atoms with Gasteiger partial charge in [-0.2, -0.15) is 0 Å². The molecular weight excluding hydrogens is 196 g/mol. The highest BCUT2D eigenvalue weighted by molar-refractivity contribution is 7.16. The van der Waals surface area contributed by atoms with Crippen molar-refractivity contribution in [3.05, 3.63) is 29.3 Å². The van der Waals surface area contributed by atoms with Crippen molar-refractivity contribution >= 4 is 27.5 Å². The summed E-state index contributed by atoms with van der Waals surface area (Å²) in [6, 6.07) is 5.49. The first-order chi connectivity index (χ1) is 6.31. The number of hydrogen-bond donors (Lipinski definition) is 1. The van der Waals surface area contributed by atoms with Gasteiger partial charge in [0.25, 0.3) is 5.91 Å². The molecule has 0 aliphatic carbocycles. The fourth-order valence-corrected chi connectivity index (χ4v) is 1.86. The SMILES string of the molecule is C.CNC(=O)c1ccc2ncsc2c1. The Bertz CT molecular complexity index is 450. The molecule has 0 bridgehead atoms. The summed E-state index contributed by atoms with van der Waals surface area (Å²) >= 11 is 1.54. The fraction of sp³-hybridized carbons (Fsp3) is 0.200. The van der Waals surface area contributed by atoms with E-state index in [1.807, 2.05) is 12.1 Å². The molecule has 4 heteroatoms. The van der Waals surface area contributed by atoms with E-state index in [2.05, 4.69) is 10.3 Å². The Morgan fingerprint density at radius 3 is 3.00 bits per heavy atom. The summed E-state index contributed by atoms with van der Waals surface area (Å²) in [5, 5.41) is 2.58. The maximum absolute atomic E-state index is 11.3. The average molecular weight is 208 g/mol. The van der Waals surface area contributed by atoms with Crippen LogP contribution in [0.4, 0.5) is 0 Å². The fourth-order valence-electron chi connectivity index (χ4n) is 1.14. The molecule has 0 radical (unpaired) electrons. The number of aromatic nitrogens is 1. The zero-order chi connectivity index (χ0) is 9.26. The average Bonchev–Trinajstić information content (AvgIpc) is 2.63. The van der Waals surface area contributed by atoms with Gasteiger partial charge in [-0.1, -0.05) is 7.43 Å². The number of nitrogens with zero attached hydrogens (tertiary/aromatic N) is 1. The predicted octanol–water partition coefficient (Wildman–Crippen LogP) is 2.29. The Morgan fingerprint density at radius 1 is 1.50 bits per heavy atom. The molecule has 14 heavy (non-hydrogen) atoms. The van der Waals surface area contributed by atoms with Gasteiger partial charge in [-0.25, -0.2) is 4.98 Å². The molecule has 0 aliphatic heterocycles. The highest BCUT2D eigenvalue weighted by Gasteiger charge is 2.04. The van der Waals surface area contributed by atoms with Crippen LogP contribution in [0.25, 0.3) is 10.2 Å². The van der Waals surface area contributed by atoms with Crippen molar-refractivity contribution < 1.29 is 4.79 Å². The molecule has 0 saturated carbocycles. The van der Waals surface area contributed by atoms with Crippen molar-refractivity contribution in [3.8, 4) is 0 Å². The first-order valence-corrected chi connectivity index (χ1v) is 4.74. The van der Waals surface area contributed by atoms with Gasteiger partial charge in [0, 0.05) is 12.6 Å². The number of rotatable bonds is 1. The van der Waals surface area contributed by atoms with E-state index >= 15 is 0 Å². The Hall–Kier alpha value is -1.42. The summed E-state index contributed by atoms with van der Waals surface area (Å²) < 4.78 is 1.04. The van der Waals surface area contributed by atoms with Crippen molar-refractivity contribution in [3.63, 3.8) is 0 Å². The topological polar surface area (TPSA) is 42.0 Å². The van der Waals surface area contributed by atoms with Gasteiger partial charge in [-0.05, 0) is 18.2 Å². The van der Waals surface area contributed by atoms with Crippen LogP contribution in [0, 0.1) is 0 Å². The van der Waals surface area contributed by atoms with Crippen LogP contribution in [-0.2, 0) is 0 Å². The van der Waals surface area contributed by atoms with E-state index in [4.69, 9.17) is 0 Å². The molecule has 1 aromatic carbocycles. The highest BCUT2D eigenvalue weighted by Crippen LogP contribution is 2.18. The number of hydrogen-bond acceptors (Lipinski definition) is 3. The molecule has 1 amide bonds. The van der Waals surface area contributed by atoms with Crippen LogP contribution in [0.2, 0.25) is 0 Å². The third-order valence-corrected chi connectivity index (χ3v) is 2.61. The van der Waals surface area contributed by atoms with Crippen LogP contribution in [0.1, 0.15) is 17.8 Å². The van der Waals surface area contributed by atoms with E-state index in [-0.39, 0.29) is 13.3 Å². The third kappa shape index (κ3) is 1.75. The molecule has 1 N–H and O–H groups in total. The third-order valence-electron chi connectivity index (χ3n) is 1.82. The largest absolute Gasteiger partial charge is 0.355 e. The zero-order valence-corrected chi connectivity index (χ0v) is 7.89. The molecule has 1 heterocycles. The lowest BCUT2D eigenvalue weighted by Gasteiger charge is -1.97. The van der Waals surface area contributed by atoms with E-state index in [0.29, 0.717) is 5.56 Å². The van der Waals surface area contributed by atoms with Crippen LogP contribution in [0.3, 0.4) is 0 Å². The lowest BCUT2D eigenvalue weighted by atomic mass is 10.2. The van der Waals surface area contributed by atoms with Gasteiger partial charge in [0.1, 0.15) is 0 Å². The first-order valence-electron chi connectivity index (χ1n) is 3.86. The van der Waals surface area contributed by atoms with E-state index in [1.54, 1.807) is 18.6 Å². The number of carbonyl (C=O) groups is 1. The molecule has 0 unspecified atom stereocenters. The van der Waals surface area contributed by atoms with Crippen molar-refractivity contribution in [1.82, 2.24) is 10.3 Å².